The molecule has 2 heterocycles. The number of aromatic nitrogens is 4. The van der Waals surface area contributed by atoms with Gasteiger partial charge in [-0.2, -0.15) is 10.1 Å². The van der Waals surface area contributed by atoms with Crippen LogP contribution in [0.25, 0.3) is 11.2 Å². The Balaban J connectivity index is 2.86. The molecule has 0 atom stereocenters. The van der Waals surface area contributed by atoms with Crippen LogP contribution in [0.3, 0.4) is 0 Å². The molecule has 8 nitrogen and oxygen atoms in total. The summed E-state index contributed by atoms with van der Waals surface area (Å²) in [5, 5.41) is 4.12. The molecule has 0 aromatic carbocycles. The lowest BCUT2D eigenvalue weighted by atomic mass is 10.3. The van der Waals surface area contributed by atoms with E-state index in [1.165, 1.54) is 11.6 Å². The first-order valence-electron chi connectivity index (χ1n) is 6.81. The van der Waals surface area contributed by atoms with Gasteiger partial charge in [0.2, 0.25) is 5.95 Å². The van der Waals surface area contributed by atoms with Crippen LogP contribution in [0, 0.1) is 0 Å². The lowest BCUT2D eigenvalue weighted by Crippen LogP contribution is -2.37. The molecule has 0 aliphatic rings. The molecule has 0 aliphatic heterocycles. The Morgan fingerprint density at radius 3 is 2.41 bits per heavy atom. The molecule has 22 heavy (non-hydrogen) atoms. The monoisotopic (exact) mass is 304 g/mol. The molecule has 0 unspecified atom stereocenters. The zero-order valence-electron chi connectivity index (χ0n) is 13.5. The Labute approximate surface area is 127 Å². The van der Waals surface area contributed by atoms with Gasteiger partial charge in [-0.1, -0.05) is 12.2 Å². The molecule has 2 aromatic rings. The van der Waals surface area contributed by atoms with Crippen molar-refractivity contribution in [3.63, 3.8) is 0 Å². The van der Waals surface area contributed by atoms with Crippen molar-refractivity contribution in [1.82, 2.24) is 18.7 Å². The fourth-order valence-electron chi connectivity index (χ4n) is 2.12. The van der Waals surface area contributed by atoms with Gasteiger partial charge in [-0.3, -0.25) is 18.5 Å². The van der Waals surface area contributed by atoms with Crippen molar-refractivity contribution < 1.29 is 0 Å². The third-order valence-corrected chi connectivity index (χ3v) is 3.16. The molecule has 2 aromatic heterocycles. The lowest BCUT2D eigenvalue weighted by molar-refractivity contribution is 0.702. The highest BCUT2D eigenvalue weighted by molar-refractivity contribution is 5.80. The number of anilines is 1. The van der Waals surface area contributed by atoms with E-state index in [-0.39, 0.29) is 0 Å². The van der Waals surface area contributed by atoms with Crippen LogP contribution in [-0.4, -0.2) is 24.4 Å². The number of hydrogen-bond acceptors (Lipinski definition) is 5. The third kappa shape index (κ3) is 2.59. The molecule has 8 heteroatoms. The molecule has 0 saturated heterocycles. The number of nitrogens with one attached hydrogen (secondary N) is 1. The van der Waals surface area contributed by atoms with E-state index in [1.54, 1.807) is 11.6 Å². The standard InChI is InChI=1S/C14H20N6O2/c1-8(2)7-20-10-11(15-13(20)17-16-9(3)4)18(5)14(22)19(6)12(10)21/h1,7H2,2-6H3,(H,15,17). The van der Waals surface area contributed by atoms with Gasteiger partial charge in [-0.25, -0.2) is 10.2 Å². The minimum atomic E-state index is -0.417. The Hall–Kier alpha value is -2.64. The van der Waals surface area contributed by atoms with Crippen LogP contribution in [0.15, 0.2) is 26.8 Å². The molecular formula is C14H20N6O2. The first kappa shape index (κ1) is 15.7. The lowest BCUT2D eigenvalue weighted by Gasteiger charge is -2.08. The fraction of sp³-hybridized carbons (Fsp3) is 0.429. The van der Waals surface area contributed by atoms with Gasteiger partial charge in [0.05, 0.1) is 0 Å². The van der Waals surface area contributed by atoms with Gasteiger partial charge in [0, 0.05) is 26.4 Å². The maximum absolute atomic E-state index is 12.5. The molecule has 0 fully saturated rings. The molecule has 0 amide bonds. The molecule has 0 saturated carbocycles. The van der Waals surface area contributed by atoms with E-state index in [9.17, 15) is 9.59 Å². The first-order valence-corrected chi connectivity index (χ1v) is 6.81. The smallest absolute Gasteiger partial charge is 0.299 e. The van der Waals surface area contributed by atoms with E-state index < -0.39 is 11.2 Å². The second kappa shape index (κ2) is 5.63. The van der Waals surface area contributed by atoms with Gasteiger partial charge in [0.25, 0.3) is 5.56 Å². The van der Waals surface area contributed by atoms with E-state index in [0.29, 0.717) is 23.7 Å². The van der Waals surface area contributed by atoms with Crippen molar-refractivity contribution >= 4 is 22.8 Å². The minimum absolute atomic E-state index is 0.320. The van der Waals surface area contributed by atoms with Gasteiger partial charge in [0.15, 0.2) is 11.2 Å². The highest BCUT2D eigenvalue weighted by Crippen LogP contribution is 2.17. The minimum Gasteiger partial charge on any atom is -0.299 e. The van der Waals surface area contributed by atoms with Crippen molar-refractivity contribution in [2.75, 3.05) is 5.43 Å². The largest absolute Gasteiger partial charge is 0.332 e. The van der Waals surface area contributed by atoms with Crippen LogP contribution >= 0.6 is 0 Å². The van der Waals surface area contributed by atoms with Crippen LogP contribution in [0.4, 0.5) is 5.95 Å². The summed E-state index contributed by atoms with van der Waals surface area (Å²) in [6, 6.07) is 0. The second-order valence-electron chi connectivity index (χ2n) is 5.53. The Kier molecular flexibility index (Phi) is 4.03. The number of fused-ring (bicyclic) bond motifs is 1. The highest BCUT2D eigenvalue weighted by atomic mass is 16.2. The summed E-state index contributed by atoms with van der Waals surface area (Å²) in [5.74, 6) is 0.400. The topological polar surface area (TPSA) is 86.2 Å². The van der Waals surface area contributed by atoms with Crippen LogP contribution in [-0.2, 0) is 20.6 Å². The van der Waals surface area contributed by atoms with Crippen LogP contribution in [0.2, 0.25) is 0 Å². The van der Waals surface area contributed by atoms with Crippen molar-refractivity contribution in [1.29, 1.82) is 0 Å². The zero-order valence-corrected chi connectivity index (χ0v) is 13.5. The molecule has 1 N–H and O–H groups in total. The number of imidazole rings is 1. The highest BCUT2D eigenvalue weighted by Gasteiger charge is 2.18. The van der Waals surface area contributed by atoms with Crippen molar-refractivity contribution in [2.45, 2.75) is 27.3 Å². The number of hydrazone groups is 1. The van der Waals surface area contributed by atoms with E-state index in [4.69, 9.17) is 0 Å². The summed E-state index contributed by atoms with van der Waals surface area (Å²) in [5.41, 5.74) is 4.37. The van der Waals surface area contributed by atoms with E-state index in [0.717, 1.165) is 15.9 Å². The summed E-state index contributed by atoms with van der Waals surface area (Å²) in [4.78, 5) is 28.8. The average Bonchev–Trinajstić information content (AvgIpc) is 2.78. The van der Waals surface area contributed by atoms with E-state index in [2.05, 4.69) is 22.1 Å². The number of hydrogen-bond donors (Lipinski definition) is 1. The summed E-state index contributed by atoms with van der Waals surface area (Å²) >= 11 is 0. The average molecular weight is 304 g/mol. The van der Waals surface area contributed by atoms with Crippen molar-refractivity contribution in [3.05, 3.63) is 33.0 Å². The molecule has 0 spiro atoms. The van der Waals surface area contributed by atoms with Gasteiger partial charge in [-0.05, 0) is 20.8 Å². The SMILES string of the molecule is C=C(C)Cn1c(NN=C(C)C)nc2c1c(=O)n(C)c(=O)n2C. The van der Waals surface area contributed by atoms with E-state index >= 15 is 0 Å². The van der Waals surface area contributed by atoms with Crippen LogP contribution < -0.4 is 16.7 Å². The predicted molar refractivity (Wildman–Crippen MR) is 87.4 cm³/mol. The quantitative estimate of drug-likeness (QED) is 0.515. The Bertz CT molecular complexity index is 893. The van der Waals surface area contributed by atoms with Crippen LogP contribution in [0.5, 0.6) is 0 Å². The van der Waals surface area contributed by atoms with Crippen molar-refractivity contribution in [2.24, 2.45) is 19.2 Å². The number of rotatable bonds is 4. The number of allylic oxidation sites excluding steroid dienone is 1. The first-order chi connectivity index (χ1) is 10.2. The van der Waals surface area contributed by atoms with Gasteiger partial charge in [0.1, 0.15) is 0 Å². The summed E-state index contributed by atoms with van der Waals surface area (Å²) in [7, 11) is 3.03. The number of nitrogens with zero attached hydrogens (tertiary/aromatic N) is 5. The Morgan fingerprint density at radius 2 is 1.86 bits per heavy atom. The summed E-state index contributed by atoms with van der Waals surface area (Å²) in [6.07, 6.45) is 0. The third-order valence-electron chi connectivity index (χ3n) is 3.16. The molecule has 2 rings (SSSR count). The number of aryl methyl sites for hydroxylation is 1. The molecule has 0 bridgehead atoms. The maximum Gasteiger partial charge on any atom is 0.332 e. The predicted octanol–water partition coefficient (Wildman–Crippen LogP) is 0.817. The maximum atomic E-state index is 12.5. The molecular weight excluding hydrogens is 284 g/mol. The molecule has 118 valence electrons. The van der Waals surface area contributed by atoms with E-state index in [1.807, 2.05) is 20.8 Å². The Morgan fingerprint density at radius 1 is 1.23 bits per heavy atom. The van der Waals surface area contributed by atoms with Crippen molar-refractivity contribution in [3.8, 4) is 0 Å². The van der Waals surface area contributed by atoms with Gasteiger partial charge < -0.3 is 0 Å². The summed E-state index contributed by atoms with van der Waals surface area (Å²) in [6.45, 7) is 9.82. The molecule has 0 radical (unpaired) electrons. The van der Waals surface area contributed by atoms with Crippen LogP contribution in [0.1, 0.15) is 20.8 Å². The second-order valence-corrected chi connectivity index (χ2v) is 5.53. The van der Waals surface area contributed by atoms with Gasteiger partial charge >= 0.3 is 5.69 Å². The summed E-state index contributed by atoms with van der Waals surface area (Å²) < 4.78 is 4.10. The zero-order chi connectivity index (χ0) is 16.6. The fourth-order valence-corrected chi connectivity index (χ4v) is 2.12. The normalized spacial score (nSPS) is 10.8. The molecule has 0 aliphatic carbocycles. The van der Waals surface area contributed by atoms with Gasteiger partial charge in [-0.15, -0.1) is 0 Å².